The van der Waals surface area contributed by atoms with Gasteiger partial charge in [-0.1, -0.05) is 20.8 Å². The van der Waals surface area contributed by atoms with Gasteiger partial charge in [0.15, 0.2) is 12.6 Å². The molecule has 0 saturated carbocycles. The van der Waals surface area contributed by atoms with Crippen LogP contribution in [0, 0.1) is 5.92 Å². The van der Waals surface area contributed by atoms with Gasteiger partial charge >= 0.3 is 0 Å². The molecule has 0 bridgehead atoms. The predicted octanol–water partition coefficient (Wildman–Crippen LogP) is -4.24. The van der Waals surface area contributed by atoms with Gasteiger partial charge in [0, 0.05) is 12.4 Å². The average molecular weight is 693 g/mol. The van der Waals surface area contributed by atoms with Crippen LogP contribution in [0.25, 0.3) is 0 Å². The lowest BCUT2D eigenvalue weighted by Gasteiger charge is -2.47. The molecule has 3 saturated heterocycles. The quantitative estimate of drug-likeness (QED) is 0.0693. The molecular weight excluding hydrogens is 640 g/mol. The third-order valence-corrected chi connectivity index (χ3v) is 10.3. The van der Waals surface area contributed by atoms with Crippen molar-refractivity contribution in [1.82, 2.24) is 0 Å². The maximum Gasteiger partial charge on any atom is 0.187 e. The monoisotopic (exact) mass is 692 g/mol. The van der Waals surface area contributed by atoms with Crippen LogP contribution in [-0.2, 0) is 38.3 Å². The van der Waals surface area contributed by atoms with E-state index in [0.29, 0.717) is 19.3 Å². The van der Waals surface area contributed by atoms with Crippen molar-refractivity contribution in [2.75, 3.05) is 37.9 Å². The van der Waals surface area contributed by atoms with E-state index in [1.54, 1.807) is 20.8 Å². The molecule has 9 N–H and O–H groups in total. The zero-order valence-corrected chi connectivity index (χ0v) is 27.1. The minimum Gasteiger partial charge on any atom is -0.394 e. The van der Waals surface area contributed by atoms with Crippen LogP contribution in [0.3, 0.4) is 0 Å². The first-order chi connectivity index (χ1) is 21.6. The molecule has 3 heterocycles. The summed E-state index contributed by atoms with van der Waals surface area (Å²) in [5.74, 6) is -0.177. The van der Waals surface area contributed by atoms with Crippen molar-refractivity contribution in [1.29, 1.82) is 0 Å². The third kappa shape index (κ3) is 9.96. The van der Waals surface area contributed by atoms with Crippen LogP contribution in [0.5, 0.6) is 0 Å². The Hall–Kier alpha value is -0.650. The molecule has 272 valence electrons. The molecule has 0 amide bonds. The van der Waals surface area contributed by atoms with E-state index in [1.165, 1.54) is 0 Å². The lowest BCUT2D eigenvalue weighted by atomic mass is 9.89. The molecule has 18 heteroatoms. The fourth-order valence-corrected chi connectivity index (χ4v) is 7.14. The molecule has 0 radical (unpaired) electrons. The molecule has 0 aromatic rings. The third-order valence-electron chi connectivity index (χ3n) is 8.40. The molecule has 3 fully saturated rings. The molecule has 3 aliphatic rings. The smallest absolute Gasteiger partial charge is 0.187 e. The van der Waals surface area contributed by atoms with Gasteiger partial charge in [0.25, 0.3) is 0 Å². The van der Waals surface area contributed by atoms with Gasteiger partial charge in [-0.2, -0.15) is 0 Å². The molecule has 15 atom stereocenters. The van der Waals surface area contributed by atoms with Crippen molar-refractivity contribution in [3.8, 4) is 0 Å². The van der Waals surface area contributed by atoms with Crippen LogP contribution in [0.1, 0.15) is 40.0 Å². The lowest BCUT2D eigenvalue weighted by Crippen LogP contribution is -2.65. The van der Waals surface area contributed by atoms with Crippen LogP contribution in [0.2, 0.25) is 0 Å². The number of hydrogen-bond acceptors (Lipinski definition) is 17. The summed E-state index contributed by atoms with van der Waals surface area (Å²) in [7, 11) is -3.11. The largest absolute Gasteiger partial charge is 0.394 e. The van der Waals surface area contributed by atoms with Gasteiger partial charge in [-0.15, -0.1) is 0 Å². The summed E-state index contributed by atoms with van der Waals surface area (Å²) in [6.07, 6.45) is -21.0. The molecule has 15 unspecified atom stereocenters. The van der Waals surface area contributed by atoms with Crippen LogP contribution >= 0.6 is 0 Å². The zero-order valence-electron chi connectivity index (χ0n) is 26.3. The molecule has 17 nitrogen and oxygen atoms in total. The van der Waals surface area contributed by atoms with E-state index in [-0.39, 0.29) is 30.6 Å². The first-order valence-corrected chi connectivity index (χ1v) is 17.5. The van der Waals surface area contributed by atoms with Gasteiger partial charge in [-0.3, -0.25) is 0 Å². The van der Waals surface area contributed by atoms with Crippen LogP contribution in [0.4, 0.5) is 0 Å². The van der Waals surface area contributed by atoms with Crippen molar-refractivity contribution in [2.24, 2.45) is 5.92 Å². The molecule has 0 spiro atoms. The molecule has 0 aliphatic carbocycles. The molecule has 46 heavy (non-hydrogen) atoms. The Morgan fingerprint density at radius 1 is 0.674 bits per heavy atom. The van der Waals surface area contributed by atoms with Crippen LogP contribution in [0.15, 0.2) is 0 Å². The first kappa shape index (κ1) is 39.8. The van der Waals surface area contributed by atoms with E-state index < -0.39 is 115 Å². The number of aliphatic hydroxyl groups is 9. The number of aliphatic hydroxyl groups excluding tert-OH is 9. The minimum absolute atomic E-state index is 0.0335. The second-order valence-electron chi connectivity index (χ2n) is 12.4. The summed E-state index contributed by atoms with van der Waals surface area (Å²) < 4.78 is 57.5. The molecular formula is C28H52O17S. The summed E-state index contributed by atoms with van der Waals surface area (Å²) in [5, 5.41) is 93.6. The van der Waals surface area contributed by atoms with Crippen molar-refractivity contribution in [3.63, 3.8) is 0 Å². The predicted molar refractivity (Wildman–Crippen MR) is 156 cm³/mol. The van der Waals surface area contributed by atoms with Gasteiger partial charge in [-0.25, -0.2) is 8.42 Å². The Balaban J connectivity index is 1.60. The van der Waals surface area contributed by atoms with Crippen molar-refractivity contribution < 1.29 is 82.8 Å². The van der Waals surface area contributed by atoms with Gasteiger partial charge < -0.3 is 74.4 Å². The molecule has 0 aromatic heterocycles. The standard InChI is InChI=1S/C28H52O17S/c1-4-8-46(38,39)9-6-5-7-40-11-15-18(31)21(34)22(35)27(44-15)41-12-16-19(32)26(24(37)25(42-16)13(2)3)45-28-23(36)20(33)17(30)14(10-29)43-28/h13-37H,4-12H2,1-3H3. The fourth-order valence-electron chi connectivity index (χ4n) is 5.67. The summed E-state index contributed by atoms with van der Waals surface area (Å²) >= 11 is 0. The topological polar surface area (TPSA) is 272 Å². The Morgan fingerprint density at radius 3 is 1.87 bits per heavy atom. The van der Waals surface area contributed by atoms with E-state index in [2.05, 4.69) is 0 Å². The van der Waals surface area contributed by atoms with Crippen molar-refractivity contribution in [2.45, 2.75) is 132 Å². The van der Waals surface area contributed by atoms with Crippen LogP contribution in [-0.4, -0.2) is 184 Å². The zero-order chi connectivity index (χ0) is 34.3. The van der Waals surface area contributed by atoms with Gasteiger partial charge in [0.05, 0.1) is 31.7 Å². The highest BCUT2D eigenvalue weighted by Gasteiger charge is 2.52. The maximum atomic E-state index is 11.8. The summed E-state index contributed by atoms with van der Waals surface area (Å²) in [6.45, 7) is 4.03. The number of unbranched alkanes of at least 4 members (excludes halogenated alkanes) is 1. The summed E-state index contributed by atoms with van der Waals surface area (Å²) in [6, 6.07) is 0. The Labute approximate surface area is 268 Å². The Bertz CT molecular complexity index is 1000. The van der Waals surface area contributed by atoms with E-state index in [9.17, 15) is 54.4 Å². The lowest BCUT2D eigenvalue weighted by molar-refractivity contribution is -0.349. The number of hydrogen-bond donors (Lipinski definition) is 9. The highest BCUT2D eigenvalue weighted by Crippen LogP contribution is 2.32. The number of ether oxygens (including phenoxy) is 6. The molecule has 3 rings (SSSR count). The highest BCUT2D eigenvalue weighted by molar-refractivity contribution is 7.91. The van der Waals surface area contributed by atoms with Gasteiger partial charge in [0.1, 0.15) is 83.1 Å². The highest BCUT2D eigenvalue weighted by atomic mass is 32.2. The normalized spacial score (nSPS) is 42.4. The van der Waals surface area contributed by atoms with E-state index in [1.807, 2.05) is 0 Å². The SMILES string of the molecule is CCCS(=O)(=O)CCCCOCC1OC(OCC2OC(C(C)C)C(O)C(OC3OC(CO)C(O)C(O)C3O)C2O)C(O)C(O)C1O. The molecule has 3 aliphatic heterocycles. The number of rotatable bonds is 16. The Kier molecular flexibility index (Phi) is 15.4. The summed E-state index contributed by atoms with van der Waals surface area (Å²) in [5.41, 5.74) is 0. The minimum atomic E-state index is -3.11. The van der Waals surface area contributed by atoms with E-state index in [4.69, 9.17) is 28.4 Å². The summed E-state index contributed by atoms with van der Waals surface area (Å²) in [4.78, 5) is 0. The van der Waals surface area contributed by atoms with E-state index >= 15 is 0 Å². The van der Waals surface area contributed by atoms with Crippen molar-refractivity contribution >= 4 is 9.84 Å². The fraction of sp³-hybridized carbons (Fsp3) is 1.00. The second-order valence-corrected chi connectivity index (χ2v) is 14.7. The van der Waals surface area contributed by atoms with Crippen LogP contribution < -0.4 is 0 Å². The maximum absolute atomic E-state index is 11.8. The van der Waals surface area contributed by atoms with Gasteiger partial charge in [0.2, 0.25) is 0 Å². The average Bonchev–Trinajstić information content (AvgIpc) is 3.00. The van der Waals surface area contributed by atoms with Gasteiger partial charge in [-0.05, 0) is 25.2 Å². The van der Waals surface area contributed by atoms with Crippen molar-refractivity contribution in [3.05, 3.63) is 0 Å². The Morgan fingerprint density at radius 2 is 1.26 bits per heavy atom. The molecule has 0 aromatic carbocycles. The van der Waals surface area contributed by atoms with E-state index in [0.717, 1.165) is 0 Å². The first-order valence-electron chi connectivity index (χ1n) is 15.7. The second kappa shape index (κ2) is 17.8. The number of sulfone groups is 1.